The van der Waals surface area contributed by atoms with Crippen molar-refractivity contribution in [2.75, 3.05) is 14.2 Å². The Hall–Kier alpha value is -1.56. The molecule has 102 valence electrons. The number of nitrogens with one attached hydrogen (secondary N) is 1. The van der Waals surface area contributed by atoms with Gasteiger partial charge in [-0.1, -0.05) is 0 Å². The summed E-state index contributed by atoms with van der Waals surface area (Å²) in [5, 5.41) is 4.21. The molecule has 0 aliphatic carbocycles. The highest BCUT2D eigenvalue weighted by atomic mass is 32.1. The highest BCUT2D eigenvalue weighted by Gasteiger charge is 2.19. The molecule has 0 fully saturated rings. The van der Waals surface area contributed by atoms with E-state index in [0.717, 1.165) is 22.6 Å². The van der Waals surface area contributed by atoms with Crippen LogP contribution in [0.5, 0.6) is 11.5 Å². The van der Waals surface area contributed by atoms with Gasteiger partial charge in [-0.05, 0) is 40.9 Å². The summed E-state index contributed by atoms with van der Waals surface area (Å²) in [7, 11) is 3.28. The van der Waals surface area contributed by atoms with Crippen molar-refractivity contribution in [1.29, 1.82) is 0 Å². The standard InChI is InChI=1S/C14H18N2O2S/c1-9-7-19-8-12(9)14(16-15)11-5-4-10(17-2)6-13(11)18-3/h4-8,14,16H,15H2,1-3H3. The fraction of sp³-hybridized carbons (Fsp3) is 0.286. The van der Waals surface area contributed by atoms with Crippen LogP contribution in [0.25, 0.3) is 0 Å². The van der Waals surface area contributed by atoms with Crippen molar-refractivity contribution < 1.29 is 9.47 Å². The summed E-state index contributed by atoms with van der Waals surface area (Å²) in [5.41, 5.74) is 6.23. The molecular formula is C14H18N2O2S. The number of aryl methyl sites for hydroxylation is 1. The van der Waals surface area contributed by atoms with Gasteiger partial charge in [0.05, 0.1) is 20.3 Å². The molecule has 1 atom stereocenters. The number of thiophene rings is 1. The molecule has 0 spiro atoms. The van der Waals surface area contributed by atoms with Crippen LogP contribution < -0.4 is 20.7 Å². The van der Waals surface area contributed by atoms with Crippen molar-refractivity contribution in [2.45, 2.75) is 13.0 Å². The van der Waals surface area contributed by atoms with E-state index in [1.54, 1.807) is 25.6 Å². The van der Waals surface area contributed by atoms with Crippen molar-refractivity contribution in [3.63, 3.8) is 0 Å². The van der Waals surface area contributed by atoms with E-state index in [1.807, 2.05) is 18.2 Å². The van der Waals surface area contributed by atoms with Gasteiger partial charge in [0.1, 0.15) is 11.5 Å². The first-order valence-corrected chi connectivity index (χ1v) is 6.86. The summed E-state index contributed by atoms with van der Waals surface area (Å²) >= 11 is 1.66. The van der Waals surface area contributed by atoms with Gasteiger partial charge in [0.15, 0.2) is 0 Å². The largest absolute Gasteiger partial charge is 0.497 e. The number of ether oxygens (including phenoxy) is 2. The van der Waals surface area contributed by atoms with Crippen LogP contribution in [0.2, 0.25) is 0 Å². The van der Waals surface area contributed by atoms with E-state index in [2.05, 4.69) is 23.1 Å². The molecule has 1 aromatic heterocycles. The molecule has 0 aliphatic heterocycles. The highest BCUT2D eigenvalue weighted by molar-refractivity contribution is 7.08. The fourth-order valence-corrected chi connectivity index (χ4v) is 2.95. The van der Waals surface area contributed by atoms with Crippen molar-refractivity contribution in [2.24, 2.45) is 5.84 Å². The smallest absolute Gasteiger partial charge is 0.127 e. The minimum Gasteiger partial charge on any atom is -0.497 e. The molecule has 2 aromatic rings. The second-order valence-corrected chi connectivity index (χ2v) is 4.96. The van der Waals surface area contributed by atoms with Crippen LogP contribution in [-0.4, -0.2) is 14.2 Å². The highest BCUT2D eigenvalue weighted by Crippen LogP contribution is 2.34. The van der Waals surface area contributed by atoms with E-state index in [4.69, 9.17) is 15.3 Å². The summed E-state index contributed by atoms with van der Waals surface area (Å²) in [6, 6.07) is 5.65. The van der Waals surface area contributed by atoms with E-state index < -0.39 is 0 Å². The van der Waals surface area contributed by atoms with Crippen molar-refractivity contribution in [1.82, 2.24) is 5.43 Å². The molecule has 0 saturated carbocycles. The Morgan fingerprint density at radius 3 is 2.47 bits per heavy atom. The normalized spacial score (nSPS) is 12.2. The molecule has 0 aliphatic rings. The molecule has 1 aromatic carbocycles. The predicted octanol–water partition coefficient (Wildman–Crippen LogP) is 2.63. The Morgan fingerprint density at radius 2 is 1.95 bits per heavy atom. The number of nitrogens with two attached hydrogens (primary N) is 1. The van der Waals surface area contributed by atoms with Crippen LogP contribution in [0.1, 0.15) is 22.7 Å². The molecule has 1 heterocycles. The van der Waals surface area contributed by atoms with Gasteiger partial charge in [-0.2, -0.15) is 11.3 Å². The van der Waals surface area contributed by atoms with Gasteiger partial charge < -0.3 is 9.47 Å². The minimum absolute atomic E-state index is 0.0906. The molecule has 5 heteroatoms. The Kier molecular flexibility index (Phi) is 4.42. The van der Waals surface area contributed by atoms with Gasteiger partial charge in [-0.3, -0.25) is 5.84 Å². The third-order valence-electron chi connectivity index (χ3n) is 3.12. The Labute approximate surface area is 117 Å². The molecule has 0 amide bonds. The Morgan fingerprint density at radius 1 is 1.16 bits per heavy atom. The topological polar surface area (TPSA) is 56.5 Å². The van der Waals surface area contributed by atoms with Crippen molar-refractivity contribution >= 4 is 11.3 Å². The second-order valence-electron chi connectivity index (χ2n) is 4.22. The maximum atomic E-state index is 5.73. The molecule has 19 heavy (non-hydrogen) atoms. The van der Waals surface area contributed by atoms with Crippen molar-refractivity contribution in [3.05, 3.63) is 45.6 Å². The quantitative estimate of drug-likeness (QED) is 0.652. The third kappa shape index (κ3) is 2.73. The molecule has 3 N–H and O–H groups in total. The number of hydrogen-bond donors (Lipinski definition) is 2. The number of methoxy groups -OCH3 is 2. The van der Waals surface area contributed by atoms with Gasteiger partial charge in [-0.15, -0.1) is 0 Å². The van der Waals surface area contributed by atoms with Gasteiger partial charge in [-0.25, -0.2) is 5.43 Å². The first kappa shape index (κ1) is 13.9. The summed E-state index contributed by atoms with van der Waals surface area (Å²) < 4.78 is 10.6. The molecule has 0 saturated heterocycles. The van der Waals surface area contributed by atoms with Crippen LogP contribution in [0.3, 0.4) is 0 Å². The van der Waals surface area contributed by atoms with E-state index in [9.17, 15) is 0 Å². The SMILES string of the molecule is COc1ccc(C(NN)c2cscc2C)c(OC)c1. The predicted molar refractivity (Wildman–Crippen MR) is 77.8 cm³/mol. The summed E-state index contributed by atoms with van der Waals surface area (Å²) in [4.78, 5) is 0. The number of benzene rings is 1. The van der Waals surface area contributed by atoms with Gasteiger partial charge in [0.25, 0.3) is 0 Å². The fourth-order valence-electron chi connectivity index (χ4n) is 2.07. The van der Waals surface area contributed by atoms with Crippen LogP contribution in [-0.2, 0) is 0 Å². The second kappa shape index (κ2) is 6.06. The summed E-state index contributed by atoms with van der Waals surface area (Å²) in [6.45, 7) is 2.08. The zero-order valence-electron chi connectivity index (χ0n) is 11.3. The Bertz CT molecular complexity index is 554. The van der Waals surface area contributed by atoms with Gasteiger partial charge in [0.2, 0.25) is 0 Å². The molecule has 1 unspecified atom stereocenters. The lowest BCUT2D eigenvalue weighted by Gasteiger charge is -2.20. The van der Waals surface area contributed by atoms with Crippen LogP contribution in [0.15, 0.2) is 29.0 Å². The van der Waals surface area contributed by atoms with Crippen LogP contribution in [0.4, 0.5) is 0 Å². The van der Waals surface area contributed by atoms with E-state index >= 15 is 0 Å². The molecule has 4 nitrogen and oxygen atoms in total. The van der Waals surface area contributed by atoms with Crippen LogP contribution in [0, 0.1) is 6.92 Å². The first-order chi connectivity index (χ1) is 9.21. The third-order valence-corrected chi connectivity index (χ3v) is 4.00. The number of hydrazine groups is 1. The number of hydrogen-bond acceptors (Lipinski definition) is 5. The van der Waals surface area contributed by atoms with E-state index in [-0.39, 0.29) is 6.04 Å². The first-order valence-electron chi connectivity index (χ1n) is 5.92. The maximum absolute atomic E-state index is 5.73. The molecular weight excluding hydrogens is 260 g/mol. The van der Waals surface area contributed by atoms with E-state index in [0.29, 0.717) is 0 Å². The van der Waals surface area contributed by atoms with Crippen LogP contribution >= 0.6 is 11.3 Å². The lowest BCUT2D eigenvalue weighted by molar-refractivity contribution is 0.387. The van der Waals surface area contributed by atoms with Crippen molar-refractivity contribution in [3.8, 4) is 11.5 Å². The zero-order valence-corrected chi connectivity index (χ0v) is 12.1. The number of rotatable bonds is 5. The average molecular weight is 278 g/mol. The molecule has 0 bridgehead atoms. The van der Waals surface area contributed by atoms with E-state index in [1.165, 1.54) is 5.56 Å². The van der Waals surface area contributed by atoms with Gasteiger partial charge >= 0.3 is 0 Å². The Balaban J connectivity index is 2.46. The lowest BCUT2D eigenvalue weighted by Crippen LogP contribution is -2.29. The minimum atomic E-state index is -0.0906. The lowest BCUT2D eigenvalue weighted by atomic mass is 9.98. The molecule has 2 rings (SSSR count). The molecule has 0 radical (unpaired) electrons. The monoisotopic (exact) mass is 278 g/mol. The zero-order chi connectivity index (χ0) is 13.8. The van der Waals surface area contributed by atoms with Gasteiger partial charge in [0, 0.05) is 11.6 Å². The summed E-state index contributed by atoms with van der Waals surface area (Å²) in [6.07, 6.45) is 0. The summed E-state index contributed by atoms with van der Waals surface area (Å²) in [5.74, 6) is 7.25. The maximum Gasteiger partial charge on any atom is 0.127 e. The average Bonchev–Trinajstić information content (AvgIpc) is 2.86.